The third kappa shape index (κ3) is 13.5. The number of thiazole rings is 1. The number of methoxy groups -OCH3 is 1. The summed E-state index contributed by atoms with van der Waals surface area (Å²) in [6, 6.07) is 13.8. The van der Waals surface area contributed by atoms with Gasteiger partial charge in [-0.05, 0) is 73.8 Å². The molecule has 3 fully saturated rings. The highest BCUT2D eigenvalue weighted by atomic mass is 32.1. The number of likely N-dealkylation sites (tertiary alicyclic amines) is 1. The fraction of sp³-hybridized carbons (Fsp3) is 0.527. The van der Waals surface area contributed by atoms with Gasteiger partial charge in [-0.15, -0.1) is 11.3 Å². The summed E-state index contributed by atoms with van der Waals surface area (Å²) in [5.41, 5.74) is 7.07. The van der Waals surface area contributed by atoms with Crippen molar-refractivity contribution in [3.05, 3.63) is 87.4 Å². The molecule has 3 aromatic heterocycles. The third-order valence-corrected chi connectivity index (χ3v) is 15.6. The van der Waals surface area contributed by atoms with E-state index >= 15 is 0 Å². The number of nitrogens with one attached hydrogen (secondary N) is 4. The first kappa shape index (κ1) is 54.8. The number of hydrogen-bond acceptors (Lipinski definition) is 15. The molecule has 75 heavy (non-hydrogen) atoms. The highest BCUT2D eigenvalue weighted by molar-refractivity contribution is 7.13. The van der Waals surface area contributed by atoms with Gasteiger partial charge in [0, 0.05) is 107 Å². The van der Waals surface area contributed by atoms with Gasteiger partial charge in [0.2, 0.25) is 29.6 Å². The molecule has 3 unspecified atom stereocenters. The van der Waals surface area contributed by atoms with Crippen molar-refractivity contribution in [3.63, 3.8) is 0 Å². The molecule has 20 heteroatoms. The summed E-state index contributed by atoms with van der Waals surface area (Å²) < 4.78 is 13.6. The Morgan fingerprint density at radius 3 is 2.36 bits per heavy atom. The average Bonchev–Trinajstić information content (AvgIpc) is 4.02. The van der Waals surface area contributed by atoms with Crippen molar-refractivity contribution >= 4 is 63.3 Å². The van der Waals surface area contributed by atoms with Crippen LogP contribution in [0.5, 0.6) is 5.75 Å². The predicted molar refractivity (Wildman–Crippen MR) is 290 cm³/mol. The summed E-state index contributed by atoms with van der Waals surface area (Å²) in [6.45, 7) is 16.1. The summed E-state index contributed by atoms with van der Waals surface area (Å²) in [4.78, 5) is 87.4. The Morgan fingerprint density at radius 1 is 0.933 bits per heavy atom. The number of benzene rings is 2. The van der Waals surface area contributed by atoms with E-state index in [9.17, 15) is 29.1 Å². The first-order valence-electron chi connectivity index (χ1n) is 26.2. The van der Waals surface area contributed by atoms with E-state index in [1.54, 1.807) is 35.3 Å². The number of ether oxygens (including phenoxy) is 2. The second-order valence-electron chi connectivity index (χ2n) is 21.0. The third-order valence-electron chi connectivity index (χ3n) is 14.7. The van der Waals surface area contributed by atoms with E-state index in [1.807, 2.05) is 89.5 Å². The van der Waals surface area contributed by atoms with Crippen molar-refractivity contribution in [3.8, 4) is 16.2 Å². The molecule has 19 nitrogen and oxygen atoms in total. The number of hydrogen-bond donors (Lipinski definition) is 5. The molecule has 5 heterocycles. The fourth-order valence-electron chi connectivity index (χ4n) is 10.3. The Hall–Kier alpha value is -6.48. The standard InChI is InChI=1S/C55H73N11O8S/c1-8-46(68)59-38-13-15-39(16-14-38)66-48(70)27-34(2)42-31-57-54(62-51(42)66)60-43-18-17-40(28-45(43)73-7)64-22-20-63(21-23-64)24-26-74-25-19-47(69)61-50(55(4,5)6)53(72)65-32-41(67)29-44(65)52(71)56-30-36-9-11-37(12-10-36)49-35(3)58-33-75-49/h9-12,17-18,27-28,31,33,38-39,41,44,50,67H,8,13-16,19-26,29-30,32H2,1-7H3,(H,56,71)(H,59,68)(H,61,69)(H,57,60,62). The minimum absolute atomic E-state index is 0.000861. The van der Waals surface area contributed by atoms with Gasteiger partial charge in [0.15, 0.2) is 0 Å². The number of nitrogens with zero attached hydrogens (tertiary/aromatic N) is 7. The van der Waals surface area contributed by atoms with Crippen LogP contribution in [-0.4, -0.2) is 142 Å². The van der Waals surface area contributed by atoms with E-state index < -0.39 is 29.5 Å². The van der Waals surface area contributed by atoms with E-state index in [2.05, 4.69) is 41.0 Å². The molecule has 0 spiro atoms. The van der Waals surface area contributed by atoms with Crippen LogP contribution in [0.1, 0.15) is 95.5 Å². The lowest BCUT2D eigenvalue weighted by atomic mass is 9.85. The second-order valence-corrected chi connectivity index (χ2v) is 21.9. The number of β-amino-alcohol motifs (C(OH)–C–C–N with tert-alkyl or cyclic N) is 1. The molecule has 3 aliphatic rings. The number of aliphatic hydroxyl groups is 1. The summed E-state index contributed by atoms with van der Waals surface area (Å²) in [6.07, 6.45) is 4.62. The number of aromatic nitrogens is 4. The molecule has 0 bridgehead atoms. The van der Waals surface area contributed by atoms with E-state index in [4.69, 9.17) is 14.5 Å². The summed E-state index contributed by atoms with van der Waals surface area (Å²) in [5.74, 6) is -0.0723. The molecule has 0 radical (unpaired) electrons. The van der Waals surface area contributed by atoms with Crippen LogP contribution in [0.2, 0.25) is 0 Å². The van der Waals surface area contributed by atoms with Gasteiger partial charge in [0.1, 0.15) is 23.5 Å². The van der Waals surface area contributed by atoms with Crippen LogP contribution < -0.4 is 36.5 Å². The summed E-state index contributed by atoms with van der Waals surface area (Å²) >= 11 is 1.58. The molecule has 402 valence electrons. The highest BCUT2D eigenvalue weighted by Crippen LogP contribution is 2.35. The van der Waals surface area contributed by atoms with Gasteiger partial charge in [-0.1, -0.05) is 52.0 Å². The number of anilines is 3. The first-order chi connectivity index (χ1) is 36.0. The number of aryl methyl sites for hydroxylation is 2. The zero-order valence-corrected chi connectivity index (χ0v) is 45.1. The molecule has 5 aromatic rings. The van der Waals surface area contributed by atoms with Crippen LogP contribution in [0.25, 0.3) is 21.5 Å². The molecule has 3 atom stereocenters. The van der Waals surface area contributed by atoms with Crippen molar-refractivity contribution in [1.29, 1.82) is 0 Å². The summed E-state index contributed by atoms with van der Waals surface area (Å²) in [7, 11) is 1.63. The molecule has 2 aliphatic heterocycles. The van der Waals surface area contributed by atoms with Crippen molar-refractivity contribution in [2.75, 3.05) is 69.8 Å². The first-order valence-corrected chi connectivity index (χ1v) is 27.1. The Morgan fingerprint density at radius 2 is 1.68 bits per heavy atom. The number of carbonyl (C=O) groups is 4. The minimum atomic E-state index is -0.924. The van der Waals surface area contributed by atoms with E-state index in [-0.39, 0.29) is 67.9 Å². The van der Waals surface area contributed by atoms with Crippen LogP contribution in [0.15, 0.2) is 65.0 Å². The van der Waals surface area contributed by atoms with Gasteiger partial charge in [0.05, 0.1) is 48.2 Å². The van der Waals surface area contributed by atoms with Crippen LogP contribution in [0.4, 0.5) is 17.3 Å². The average molecular weight is 1050 g/mol. The predicted octanol–water partition coefficient (Wildman–Crippen LogP) is 5.63. The molecule has 1 aliphatic carbocycles. The fourth-order valence-corrected chi connectivity index (χ4v) is 11.1. The van der Waals surface area contributed by atoms with Gasteiger partial charge in [-0.2, -0.15) is 4.98 Å². The van der Waals surface area contributed by atoms with Crippen LogP contribution >= 0.6 is 11.3 Å². The molecule has 4 amide bonds. The molecule has 1 saturated carbocycles. The van der Waals surface area contributed by atoms with Crippen molar-refractivity contribution in [2.24, 2.45) is 5.41 Å². The van der Waals surface area contributed by atoms with Gasteiger partial charge in [-0.25, -0.2) is 9.97 Å². The second kappa shape index (κ2) is 24.5. The smallest absolute Gasteiger partial charge is 0.252 e. The van der Waals surface area contributed by atoms with Crippen LogP contribution in [0, 0.1) is 19.3 Å². The lowest BCUT2D eigenvalue weighted by Crippen LogP contribution is -2.57. The monoisotopic (exact) mass is 1050 g/mol. The van der Waals surface area contributed by atoms with Gasteiger partial charge >= 0.3 is 0 Å². The van der Waals surface area contributed by atoms with Gasteiger partial charge < -0.3 is 45.6 Å². The van der Waals surface area contributed by atoms with Crippen molar-refractivity contribution in [2.45, 2.75) is 123 Å². The molecular weight excluding hydrogens is 975 g/mol. The Kier molecular flexibility index (Phi) is 17.9. The number of amides is 4. The number of fused-ring (bicyclic) bond motifs is 1. The largest absolute Gasteiger partial charge is 0.494 e. The molecular formula is C55H73N11O8S. The van der Waals surface area contributed by atoms with Gasteiger partial charge in [-0.3, -0.25) is 33.4 Å². The number of aliphatic hydroxyl groups excluding tert-OH is 1. The molecule has 8 rings (SSSR count). The lowest BCUT2D eigenvalue weighted by Gasteiger charge is -2.36. The Balaban J connectivity index is 0.777. The summed E-state index contributed by atoms with van der Waals surface area (Å²) in [5, 5.41) is 23.8. The normalized spacial score (nSPS) is 19.7. The minimum Gasteiger partial charge on any atom is -0.494 e. The number of carbonyl (C=O) groups excluding carboxylic acids is 4. The lowest BCUT2D eigenvalue weighted by molar-refractivity contribution is -0.144. The molecule has 5 N–H and O–H groups in total. The maximum atomic E-state index is 14.1. The van der Waals surface area contributed by atoms with Crippen molar-refractivity contribution in [1.82, 2.24) is 45.3 Å². The van der Waals surface area contributed by atoms with E-state index in [0.717, 1.165) is 90.2 Å². The SMILES string of the molecule is CCC(=O)NC1CCC(n2c(=O)cc(C)c3cnc(Nc4ccc(N5CCN(CCOCCC(=O)NC(C(=O)N6CC(O)CC6C(=O)NCc6ccc(-c7scnc7C)cc6)C(C)(C)C)CC5)cc4OC)nc32)CC1. The molecule has 2 saturated heterocycles. The quantitative estimate of drug-likeness (QED) is 0.0633. The topological polar surface area (TPSA) is 225 Å². The van der Waals surface area contributed by atoms with Crippen molar-refractivity contribution < 1.29 is 33.8 Å². The number of rotatable bonds is 19. The van der Waals surface area contributed by atoms with Gasteiger partial charge in [0.25, 0.3) is 5.56 Å². The zero-order chi connectivity index (χ0) is 53.4. The molecule has 2 aromatic carbocycles. The maximum Gasteiger partial charge on any atom is 0.252 e. The maximum absolute atomic E-state index is 14.1. The highest BCUT2D eigenvalue weighted by Gasteiger charge is 2.44. The Bertz CT molecular complexity index is 2870. The number of piperazine rings is 1. The zero-order valence-electron chi connectivity index (χ0n) is 44.3. The van der Waals surface area contributed by atoms with E-state index in [0.29, 0.717) is 42.6 Å². The van der Waals surface area contributed by atoms with Crippen LogP contribution in [0.3, 0.4) is 0 Å². The Labute approximate surface area is 442 Å². The van der Waals surface area contributed by atoms with Crippen LogP contribution in [-0.2, 0) is 30.5 Å². The van der Waals surface area contributed by atoms with E-state index in [1.165, 1.54) is 4.90 Å². The number of pyridine rings is 1.